The summed E-state index contributed by atoms with van der Waals surface area (Å²) in [7, 11) is 1.73. The molecule has 0 N–H and O–H groups in total. The number of carbonyl (C=O) groups is 1. The maximum Gasteiger partial charge on any atom is 0.331 e. The molecular weight excluding hydrogens is 160 g/mol. The van der Waals surface area contributed by atoms with Crippen LogP contribution in [0.5, 0.6) is 0 Å². The van der Waals surface area contributed by atoms with Crippen LogP contribution >= 0.6 is 0 Å². The second-order valence-electron chi connectivity index (χ2n) is 2.09. The monoisotopic (exact) mass is 168 g/mol. The van der Waals surface area contributed by atoms with Gasteiger partial charge in [-0.05, 0) is 0 Å². The zero-order valence-corrected chi connectivity index (χ0v) is 6.76. The summed E-state index contributed by atoms with van der Waals surface area (Å²) in [6.45, 7) is 1.27. The van der Waals surface area contributed by atoms with E-state index in [-0.39, 0.29) is 0 Å². The molecule has 6 nitrogen and oxygen atoms in total. The van der Waals surface area contributed by atoms with Crippen molar-refractivity contribution in [1.29, 1.82) is 0 Å². The molecule has 0 aliphatic carbocycles. The largest absolute Gasteiger partial charge is 0.331 e. The van der Waals surface area contributed by atoms with Crippen LogP contribution in [-0.4, -0.2) is 26.9 Å². The first-order valence-electron chi connectivity index (χ1n) is 3.25. The van der Waals surface area contributed by atoms with Crippen LogP contribution in [0.25, 0.3) is 0 Å². The fraction of sp³-hybridized carbons (Fsp3) is 0.333. The summed E-state index contributed by atoms with van der Waals surface area (Å²) in [6, 6.07) is 0. The number of hydrogen-bond donors (Lipinski definition) is 0. The topological polar surface area (TPSA) is 69.4 Å². The lowest BCUT2D eigenvalue weighted by Gasteiger charge is -1.85. The minimum atomic E-state index is -0.470. The summed E-state index contributed by atoms with van der Waals surface area (Å²) >= 11 is 0. The average molecular weight is 168 g/mol. The molecule has 0 aliphatic heterocycles. The van der Waals surface area contributed by atoms with Crippen LogP contribution in [0.2, 0.25) is 0 Å². The van der Waals surface area contributed by atoms with E-state index < -0.39 is 5.97 Å². The van der Waals surface area contributed by atoms with Crippen LogP contribution in [0.3, 0.4) is 0 Å². The summed E-state index contributed by atoms with van der Waals surface area (Å²) < 4.78 is 1.52. The molecule has 0 saturated carbocycles. The van der Waals surface area contributed by atoms with Crippen molar-refractivity contribution < 1.29 is 9.63 Å². The fourth-order valence-corrected chi connectivity index (χ4v) is 0.563. The highest BCUT2D eigenvalue weighted by Crippen LogP contribution is 1.83. The van der Waals surface area contributed by atoms with Gasteiger partial charge in [0.15, 0.2) is 5.82 Å². The Morgan fingerprint density at radius 3 is 3.08 bits per heavy atom. The summed E-state index contributed by atoms with van der Waals surface area (Å²) in [5, 5.41) is 7.21. The Morgan fingerprint density at radius 2 is 2.58 bits per heavy atom. The van der Waals surface area contributed by atoms with Crippen LogP contribution in [0.15, 0.2) is 11.5 Å². The van der Waals surface area contributed by atoms with Gasteiger partial charge in [0.1, 0.15) is 12.5 Å². The Labute approximate surface area is 68.8 Å². The Morgan fingerprint density at radius 1 is 1.83 bits per heavy atom. The van der Waals surface area contributed by atoms with E-state index in [2.05, 4.69) is 20.1 Å². The third-order valence-electron chi connectivity index (χ3n) is 0.967. The highest BCUT2D eigenvalue weighted by atomic mass is 16.7. The summed E-state index contributed by atoms with van der Waals surface area (Å²) in [5.74, 6) is -0.0686. The Hall–Kier alpha value is -1.72. The maximum absolute atomic E-state index is 10.3. The SMILES string of the molecule is CC(=O)ON=Cc1ncn(C)n1. The molecular formula is C6H8N4O2. The molecule has 1 rings (SSSR count). The summed E-state index contributed by atoms with van der Waals surface area (Å²) in [4.78, 5) is 18.4. The molecule has 6 heteroatoms. The second kappa shape index (κ2) is 3.61. The standard InChI is InChI=1S/C6H8N4O2/c1-5(11)12-8-3-6-7-4-10(2)9-6/h3-4H,1-2H3. The lowest BCUT2D eigenvalue weighted by Crippen LogP contribution is -1.94. The highest BCUT2D eigenvalue weighted by Gasteiger charge is 1.93. The van der Waals surface area contributed by atoms with Crippen molar-refractivity contribution in [2.45, 2.75) is 6.92 Å². The van der Waals surface area contributed by atoms with E-state index in [9.17, 15) is 4.79 Å². The van der Waals surface area contributed by atoms with E-state index in [1.165, 1.54) is 24.1 Å². The van der Waals surface area contributed by atoms with Gasteiger partial charge in [-0.2, -0.15) is 5.10 Å². The van der Waals surface area contributed by atoms with E-state index >= 15 is 0 Å². The van der Waals surface area contributed by atoms with Crippen molar-refractivity contribution in [2.24, 2.45) is 12.2 Å². The van der Waals surface area contributed by atoms with Crippen LogP contribution in [0.4, 0.5) is 0 Å². The fourth-order valence-electron chi connectivity index (χ4n) is 0.563. The third kappa shape index (κ3) is 2.49. The normalized spacial score (nSPS) is 10.5. The number of carbonyl (C=O) groups excluding carboxylic acids is 1. The van der Waals surface area contributed by atoms with Crippen molar-refractivity contribution >= 4 is 12.2 Å². The molecule has 0 spiro atoms. The number of hydrogen-bond acceptors (Lipinski definition) is 5. The van der Waals surface area contributed by atoms with Crippen molar-refractivity contribution in [3.05, 3.63) is 12.2 Å². The second-order valence-corrected chi connectivity index (χ2v) is 2.09. The third-order valence-corrected chi connectivity index (χ3v) is 0.967. The first-order chi connectivity index (χ1) is 5.68. The van der Waals surface area contributed by atoms with E-state index in [4.69, 9.17) is 0 Å². The van der Waals surface area contributed by atoms with Gasteiger partial charge < -0.3 is 4.84 Å². The zero-order valence-electron chi connectivity index (χ0n) is 6.76. The Balaban J connectivity index is 2.52. The number of oxime groups is 1. The van der Waals surface area contributed by atoms with Gasteiger partial charge in [-0.3, -0.25) is 4.68 Å². The summed E-state index contributed by atoms with van der Waals surface area (Å²) in [5.41, 5.74) is 0. The predicted molar refractivity (Wildman–Crippen MR) is 40.4 cm³/mol. The Kier molecular flexibility index (Phi) is 2.52. The maximum atomic E-state index is 10.3. The van der Waals surface area contributed by atoms with Gasteiger partial charge >= 0.3 is 5.97 Å². The number of aromatic nitrogens is 3. The van der Waals surface area contributed by atoms with E-state index in [0.717, 1.165) is 0 Å². The molecule has 0 atom stereocenters. The minimum Gasteiger partial charge on any atom is -0.318 e. The van der Waals surface area contributed by atoms with Crippen LogP contribution < -0.4 is 0 Å². The van der Waals surface area contributed by atoms with E-state index in [1.807, 2.05) is 0 Å². The molecule has 0 saturated heterocycles. The van der Waals surface area contributed by atoms with Crippen molar-refractivity contribution in [2.75, 3.05) is 0 Å². The molecule has 1 aromatic heterocycles. The van der Waals surface area contributed by atoms with Crippen LogP contribution in [0.1, 0.15) is 12.7 Å². The van der Waals surface area contributed by atoms with Gasteiger partial charge in [0.05, 0.1) is 0 Å². The van der Waals surface area contributed by atoms with Gasteiger partial charge in [0, 0.05) is 14.0 Å². The number of aryl methyl sites for hydroxylation is 1. The Bertz CT molecular complexity index is 304. The molecule has 0 radical (unpaired) electrons. The molecule has 0 unspecified atom stereocenters. The molecule has 0 aromatic carbocycles. The first kappa shape index (κ1) is 8.38. The first-order valence-corrected chi connectivity index (χ1v) is 3.25. The molecule has 1 aromatic rings. The van der Waals surface area contributed by atoms with Crippen molar-refractivity contribution in [3.8, 4) is 0 Å². The lowest BCUT2D eigenvalue weighted by atomic mass is 10.7. The van der Waals surface area contributed by atoms with Crippen LogP contribution in [0, 0.1) is 0 Å². The van der Waals surface area contributed by atoms with Crippen molar-refractivity contribution in [3.63, 3.8) is 0 Å². The van der Waals surface area contributed by atoms with Gasteiger partial charge in [0.25, 0.3) is 0 Å². The highest BCUT2D eigenvalue weighted by molar-refractivity contribution is 5.74. The van der Waals surface area contributed by atoms with Gasteiger partial charge in [-0.25, -0.2) is 9.78 Å². The quantitative estimate of drug-likeness (QED) is 0.345. The molecule has 1 heterocycles. The lowest BCUT2D eigenvalue weighted by molar-refractivity contribution is -0.140. The van der Waals surface area contributed by atoms with Crippen molar-refractivity contribution in [1.82, 2.24) is 14.8 Å². The van der Waals surface area contributed by atoms with Gasteiger partial charge in [-0.15, -0.1) is 0 Å². The predicted octanol–water partition coefficient (Wildman–Crippen LogP) is -0.288. The van der Waals surface area contributed by atoms with Gasteiger partial charge in [-0.1, -0.05) is 5.16 Å². The molecule has 64 valence electrons. The summed E-state index contributed by atoms with van der Waals surface area (Å²) in [6.07, 6.45) is 2.79. The number of nitrogens with zero attached hydrogens (tertiary/aromatic N) is 4. The number of rotatable bonds is 2. The zero-order chi connectivity index (χ0) is 8.97. The molecule has 12 heavy (non-hydrogen) atoms. The molecule has 0 bridgehead atoms. The molecule has 0 fully saturated rings. The molecule has 0 aliphatic rings. The minimum absolute atomic E-state index is 0.402. The van der Waals surface area contributed by atoms with E-state index in [1.54, 1.807) is 7.05 Å². The smallest absolute Gasteiger partial charge is 0.318 e. The van der Waals surface area contributed by atoms with Gasteiger partial charge in [0.2, 0.25) is 0 Å². The van der Waals surface area contributed by atoms with E-state index in [0.29, 0.717) is 5.82 Å². The molecule has 0 amide bonds. The average Bonchev–Trinajstić information content (AvgIpc) is 2.35. The van der Waals surface area contributed by atoms with Crippen LogP contribution in [-0.2, 0) is 16.7 Å².